The zero-order chi connectivity index (χ0) is 12.1. The molecule has 2 fully saturated rings. The fourth-order valence-corrected chi connectivity index (χ4v) is 2.44. The summed E-state index contributed by atoms with van der Waals surface area (Å²) in [5, 5.41) is 5.90. The number of halogens is 1. The maximum Gasteiger partial charge on any atom is 0.241 e. The third kappa shape index (κ3) is 4.14. The number of carbonyl (C=O) groups is 2. The largest absolute Gasteiger partial charge is 0.347 e. The van der Waals surface area contributed by atoms with Gasteiger partial charge in [0.1, 0.15) is 0 Å². The molecule has 2 rings (SSSR count). The van der Waals surface area contributed by atoms with Gasteiger partial charge in [-0.15, -0.1) is 12.4 Å². The number of likely N-dealkylation sites (tertiary alicyclic amines) is 1. The first kappa shape index (κ1) is 15.2. The molecule has 2 aliphatic rings. The van der Waals surface area contributed by atoms with Crippen LogP contribution in [-0.4, -0.2) is 49.4 Å². The molecule has 0 aromatic rings. The predicted molar refractivity (Wildman–Crippen MR) is 71.7 cm³/mol. The van der Waals surface area contributed by atoms with Crippen molar-refractivity contribution in [3.8, 4) is 0 Å². The summed E-state index contributed by atoms with van der Waals surface area (Å²) in [6.07, 6.45) is 4.27. The first-order valence-corrected chi connectivity index (χ1v) is 6.53. The highest BCUT2D eigenvalue weighted by Crippen LogP contribution is 2.09. The van der Waals surface area contributed by atoms with E-state index in [1.54, 1.807) is 0 Å². The Labute approximate surface area is 114 Å². The van der Waals surface area contributed by atoms with Crippen molar-refractivity contribution in [3.63, 3.8) is 0 Å². The SMILES string of the molecule is Cl.O=C(NCC(=O)N1CCCCC1)C1CCNC1. The highest BCUT2D eigenvalue weighted by Gasteiger charge is 2.23. The Morgan fingerprint density at radius 2 is 1.94 bits per heavy atom. The van der Waals surface area contributed by atoms with Gasteiger partial charge in [0.15, 0.2) is 0 Å². The number of carbonyl (C=O) groups excluding carboxylic acids is 2. The van der Waals surface area contributed by atoms with Gasteiger partial charge in [0.05, 0.1) is 12.5 Å². The number of hydrogen-bond acceptors (Lipinski definition) is 3. The van der Waals surface area contributed by atoms with Crippen LogP contribution in [0.25, 0.3) is 0 Å². The molecule has 2 amide bonds. The molecule has 2 saturated heterocycles. The van der Waals surface area contributed by atoms with E-state index in [9.17, 15) is 9.59 Å². The molecule has 0 saturated carbocycles. The van der Waals surface area contributed by atoms with Crippen molar-refractivity contribution in [2.24, 2.45) is 5.92 Å². The average Bonchev–Trinajstić information content (AvgIpc) is 2.90. The van der Waals surface area contributed by atoms with Crippen molar-refractivity contribution in [2.75, 3.05) is 32.7 Å². The van der Waals surface area contributed by atoms with Crippen molar-refractivity contribution in [2.45, 2.75) is 25.7 Å². The van der Waals surface area contributed by atoms with E-state index >= 15 is 0 Å². The minimum atomic E-state index is 0. The van der Waals surface area contributed by atoms with Crippen LogP contribution in [0.3, 0.4) is 0 Å². The molecule has 0 bridgehead atoms. The lowest BCUT2D eigenvalue weighted by molar-refractivity contribution is -0.134. The lowest BCUT2D eigenvalue weighted by atomic mass is 10.1. The van der Waals surface area contributed by atoms with Crippen molar-refractivity contribution >= 4 is 24.2 Å². The van der Waals surface area contributed by atoms with E-state index in [4.69, 9.17) is 0 Å². The van der Waals surface area contributed by atoms with Crippen LogP contribution in [0.4, 0.5) is 0 Å². The van der Waals surface area contributed by atoms with E-state index in [-0.39, 0.29) is 36.7 Å². The van der Waals surface area contributed by atoms with Gasteiger partial charge in [-0.1, -0.05) is 0 Å². The highest BCUT2D eigenvalue weighted by atomic mass is 35.5. The third-order valence-electron chi connectivity index (χ3n) is 3.55. The van der Waals surface area contributed by atoms with Gasteiger partial charge in [-0.2, -0.15) is 0 Å². The summed E-state index contributed by atoms with van der Waals surface area (Å²) in [4.78, 5) is 25.4. The number of nitrogens with zero attached hydrogens (tertiary/aromatic N) is 1. The topological polar surface area (TPSA) is 61.4 Å². The average molecular weight is 276 g/mol. The van der Waals surface area contributed by atoms with Crippen LogP contribution >= 0.6 is 12.4 Å². The third-order valence-corrected chi connectivity index (χ3v) is 3.55. The monoisotopic (exact) mass is 275 g/mol. The molecule has 6 heteroatoms. The molecule has 1 atom stereocenters. The summed E-state index contributed by atoms with van der Waals surface area (Å²) in [6.45, 7) is 3.50. The Morgan fingerprint density at radius 3 is 2.56 bits per heavy atom. The number of rotatable bonds is 3. The van der Waals surface area contributed by atoms with Crippen molar-refractivity contribution in [3.05, 3.63) is 0 Å². The van der Waals surface area contributed by atoms with Crippen LogP contribution in [0.5, 0.6) is 0 Å². The minimum absolute atomic E-state index is 0. The second-order valence-electron chi connectivity index (χ2n) is 4.85. The van der Waals surface area contributed by atoms with Crippen LogP contribution in [0.15, 0.2) is 0 Å². The van der Waals surface area contributed by atoms with E-state index in [0.717, 1.165) is 45.4 Å². The Bertz CT molecular complexity index is 287. The van der Waals surface area contributed by atoms with Crippen molar-refractivity contribution < 1.29 is 9.59 Å². The zero-order valence-corrected chi connectivity index (χ0v) is 11.4. The van der Waals surface area contributed by atoms with Crippen LogP contribution in [-0.2, 0) is 9.59 Å². The van der Waals surface area contributed by atoms with Crippen molar-refractivity contribution in [1.82, 2.24) is 15.5 Å². The van der Waals surface area contributed by atoms with E-state index in [0.29, 0.717) is 0 Å². The van der Waals surface area contributed by atoms with Gasteiger partial charge < -0.3 is 15.5 Å². The Balaban J connectivity index is 0.00000162. The fourth-order valence-electron chi connectivity index (χ4n) is 2.44. The number of nitrogens with one attached hydrogen (secondary N) is 2. The fraction of sp³-hybridized carbons (Fsp3) is 0.833. The molecule has 0 spiro atoms. The lowest BCUT2D eigenvalue weighted by Gasteiger charge is -2.26. The molecular weight excluding hydrogens is 254 g/mol. The molecule has 5 nitrogen and oxygen atoms in total. The molecule has 18 heavy (non-hydrogen) atoms. The van der Waals surface area contributed by atoms with Crippen molar-refractivity contribution in [1.29, 1.82) is 0 Å². The maximum absolute atomic E-state index is 11.8. The molecular formula is C12H22ClN3O2. The molecule has 0 radical (unpaired) electrons. The molecule has 0 aromatic heterocycles. The number of piperidine rings is 1. The van der Waals surface area contributed by atoms with Gasteiger partial charge >= 0.3 is 0 Å². The van der Waals surface area contributed by atoms with Gasteiger partial charge in [0.2, 0.25) is 11.8 Å². The smallest absolute Gasteiger partial charge is 0.241 e. The Hall–Kier alpha value is -0.810. The summed E-state index contributed by atoms with van der Waals surface area (Å²) >= 11 is 0. The molecule has 104 valence electrons. The zero-order valence-electron chi connectivity index (χ0n) is 10.6. The van der Waals surface area contributed by atoms with Gasteiger partial charge in [-0.05, 0) is 32.2 Å². The summed E-state index contributed by atoms with van der Waals surface area (Å²) in [5.41, 5.74) is 0. The predicted octanol–water partition coefficient (Wildman–Crippen LogP) is 0.146. The van der Waals surface area contributed by atoms with Gasteiger partial charge in [0, 0.05) is 19.6 Å². The number of hydrogen-bond donors (Lipinski definition) is 2. The van der Waals surface area contributed by atoms with Crippen LogP contribution < -0.4 is 10.6 Å². The van der Waals surface area contributed by atoms with Crippen LogP contribution in [0, 0.1) is 5.92 Å². The molecule has 1 unspecified atom stereocenters. The quantitative estimate of drug-likeness (QED) is 0.771. The van der Waals surface area contributed by atoms with Gasteiger partial charge in [-0.25, -0.2) is 0 Å². The first-order chi connectivity index (χ1) is 8.27. The highest BCUT2D eigenvalue weighted by molar-refractivity contribution is 5.86. The normalized spacial score (nSPS) is 23.3. The second kappa shape index (κ2) is 7.59. The van der Waals surface area contributed by atoms with E-state index in [1.807, 2.05) is 4.90 Å². The van der Waals surface area contributed by atoms with E-state index in [1.165, 1.54) is 6.42 Å². The summed E-state index contributed by atoms with van der Waals surface area (Å²) in [6, 6.07) is 0. The minimum Gasteiger partial charge on any atom is -0.347 e. The summed E-state index contributed by atoms with van der Waals surface area (Å²) < 4.78 is 0. The Kier molecular flexibility index (Phi) is 6.43. The van der Waals surface area contributed by atoms with E-state index < -0.39 is 0 Å². The second-order valence-corrected chi connectivity index (χ2v) is 4.85. The maximum atomic E-state index is 11.8. The summed E-state index contributed by atoms with van der Waals surface area (Å²) in [7, 11) is 0. The van der Waals surface area contributed by atoms with Crippen LogP contribution in [0.2, 0.25) is 0 Å². The first-order valence-electron chi connectivity index (χ1n) is 6.53. The Morgan fingerprint density at radius 1 is 1.22 bits per heavy atom. The molecule has 2 aliphatic heterocycles. The number of amides is 2. The van der Waals surface area contributed by atoms with Crippen LogP contribution in [0.1, 0.15) is 25.7 Å². The molecule has 0 aliphatic carbocycles. The lowest BCUT2D eigenvalue weighted by Crippen LogP contribution is -2.44. The standard InChI is InChI=1S/C12H21N3O2.ClH/c16-11(15-6-2-1-3-7-15)9-14-12(17)10-4-5-13-8-10;/h10,13H,1-9H2,(H,14,17);1H. The van der Waals surface area contributed by atoms with E-state index in [2.05, 4.69) is 10.6 Å². The summed E-state index contributed by atoms with van der Waals surface area (Å²) in [5.74, 6) is 0.119. The van der Waals surface area contributed by atoms with Gasteiger partial charge in [-0.3, -0.25) is 9.59 Å². The van der Waals surface area contributed by atoms with Gasteiger partial charge in [0.25, 0.3) is 0 Å². The molecule has 2 heterocycles. The molecule has 0 aromatic carbocycles. The molecule has 2 N–H and O–H groups in total.